The summed E-state index contributed by atoms with van der Waals surface area (Å²) in [6, 6.07) is 115. The van der Waals surface area contributed by atoms with E-state index in [-0.39, 0.29) is 21.7 Å². The van der Waals surface area contributed by atoms with Crippen LogP contribution in [0, 0.1) is 13.8 Å². The molecule has 0 amide bonds. The third-order valence-electron chi connectivity index (χ3n) is 24.3. The number of hydrogen-bond acceptors (Lipinski definition) is 0. The Kier molecular flexibility index (Phi) is 13.6. The molecule has 16 aromatic carbocycles. The van der Waals surface area contributed by atoms with Crippen LogP contribution < -0.4 is 0 Å². The van der Waals surface area contributed by atoms with E-state index < -0.39 is 0 Å². The first-order valence-corrected chi connectivity index (χ1v) is 36.5. The SMILES string of the molecule is Cc1ccc2c(-c3ccc(-c4ccc5c(c4)C(C)(C)c4ccccc4-5)cc3)c3ccccc3c(-c3ccc4c(c3)-c3ccccc3C4(C)C)c2c1.Cc1ccc2c(-c3cccc(-c4ccc5c(c4)C(C)(C)c4ccccc4-5)c3)c3ccccc3c(-c3ccc4c(c3)-c3ccccc3C4(C)C)c2c1. The Balaban J connectivity index is 0.000000141. The Labute approximate surface area is 600 Å². The lowest BCUT2D eigenvalue weighted by Crippen LogP contribution is -2.14. The van der Waals surface area contributed by atoms with Crippen LogP contribution in [0.2, 0.25) is 0 Å². The molecular weight excluding hydrogens is 1230 g/mol. The second kappa shape index (κ2) is 22.5. The van der Waals surface area contributed by atoms with Crippen LogP contribution in [0.4, 0.5) is 0 Å². The van der Waals surface area contributed by atoms with Gasteiger partial charge in [0.25, 0.3) is 0 Å². The van der Waals surface area contributed by atoms with Gasteiger partial charge in [-0.3, -0.25) is 0 Å². The van der Waals surface area contributed by atoms with Crippen molar-refractivity contribution in [1.82, 2.24) is 0 Å². The highest BCUT2D eigenvalue weighted by atomic mass is 14.4. The fourth-order valence-electron chi connectivity index (χ4n) is 19.0. The van der Waals surface area contributed by atoms with Crippen molar-refractivity contribution in [3.8, 4) is 111 Å². The standard InChI is InChI=1S/2C51H40/c1-31-21-24-41-43(27-31)49(35-23-26-46-42(29-35)37-16-9-11-20-45(37)50(46,2)3)40-18-7-6-17-39(40)48(41)34-14-12-13-32(28-34)33-22-25-38-36-15-8-10-19-44(36)51(4,5)47(38)30-33;1-31-18-25-41-43(28-31)49(35-24-27-46-42(29-35)37-13-9-11-17-45(37)50(46,2)3)40-15-7-6-14-39(40)48(41)33-21-19-32(20-22-33)34-23-26-38-36-12-8-10-16-44(36)51(4,5)47(38)30-34/h2*6-30H,1-5H3. The molecule has 0 radical (unpaired) electrons. The van der Waals surface area contributed by atoms with Crippen molar-refractivity contribution in [1.29, 1.82) is 0 Å². The lowest BCUT2D eigenvalue weighted by Gasteiger charge is -2.22. The minimum Gasteiger partial charge on any atom is -0.0619 e. The van der Waals surface area contributed by atoms with Crippen LogP contribution in [-0.4, -0.2) is 0 Å². The molecule has 20 rings (SSSR count). The number of fused-ring (bicyclic) bond motifs is 16. The fraction of sp³-hybridized carbons (Fsp3) is 0.137. The molecule has 0 bridgehead atoms. The summed E-state index contributed by atoms with van der Waals surface area (Å²) in [6.45, 7) is 23.3. The Morgan fingerprint density at radius 3 is 0.863 bits per heavy atom. The van der Waals surface area contributed by atoms with Gasteiger partial charge in [0.1, 0.15) is 0 Å². The van der Waals surface area contributed by atoms with Crippen LogP contribution in [0.5, 0.6) is 0 Å². The van der Waals surface area contributed by atoms with Crippen LogP contribution in [0.15, 0.2) is 303 Å². The minimum atomic E-state index is -0.0327. The normalized spacial score (nSPS) is 14.7. The molecule has 16 aromatic rings. The van der Waals surface area contributed by atoms with Gasteiger partial charge >= 0.3 is 0 Å². The highest BCUT2D eigenvalue weighted by Gasteiger charge is 2.39. The number of benzene rings is 16. The number of hydrogen-bond donors (Lipinski definition) is 0. The summed E-state index contributed by atoms with van der Waals surface area (Å²) in [7, 11) is 0. The first-order valence-electron chi connectivity index (χ1n) is 36.5. The van der Waals surface area contributed by atoms with Crippen molar-refractivity contribution < 1.29 is 0 Å². The van der Waals surface area contributed by atoms with E-state index in [1.165, 1.54) is 210 Å². The van der Waals surface area contributed by atoms with E-state index >= 15 is 0 Å². The third kappa shape index (κ3) is 9.14. The first-order chi connectivity index (χ1) is 49.4. The van der Waals surface area contributed by atoms with Gasteiger partial charge in [0.2, 0.25) is 0 Å². The maximum Gasteiger partial charge on any atom is 0.0159 e. The highest BCUT2D eigenvalue weighted by molar-refractivity contribution is 6.23. The quantitative estimate of drug-likeness (QED) is 0.146. The molecule has 0 N–H and O–H groups in total. The summed E-state index contributed by atoms with van der Waals surface area (Å²) in [5.74, 6) is 0. The van der Waals surface area contributed by atoms with Crippen molar-refractivity contribution in [2.75, 3.05) is 0 Å². The average molecular weight is 1310 g/mol. The molecule has 0 spiro atoms. The Bertz CT molecular complexity index is 6250. The molecule has 0 atom stereocenters. The molecule has 102 heavy (non-hydrogen) atoms. The molecule has 0 saturated carbocycles. The van der Waals surface area contributed by atoms with Crippen LogP contribution in [0.25, 0.3) is 154 Å². The van der Waals surface area contributed by atoms with E-state index in [0.717, 1.165) is 0 Å². The van der Waals surface area contributed by atoms with Gasteiger partial charge in [-0.15, -0.1) is 0 Å². The van der Waals surface area contributed by atoms with E-state index in [9.17, 15) is 0 Å². The topological polar surface area (TPSA) is 0 Å². The Hall–Kier alpha value is -11.4. The first kappa shape index (κ1) is 61.6. The molecular formula is C102H80. The van der Waals surface area contributed by atoms with Crippen molar-refractivity contribution in [3.05, 3.63) is 359 Å². The van der Waals surface area contributed by atoms with Gasteiger partial charge in [0, 0.05) is 21.7 Å². The molecule has 0 heteroatoms. The second-order valence-corrected chi connectivity index (χ2v) is 31.6. The molecule has 0 heterocycles. The monoisotopic (exact) mass is 1300 g/mol. The predicted molar refractivity (Wildman–Crippen MR) is 435 cm³/mol. The third-order valence-corrected chi connectivity index (χ3v) is 24.3. The maximum absolute atomic E-state index is 2.46. The molecule has 0 aromatic heterocycles. The lowest BCUT2D eigenvalue weighted by molar-refractivity contribution is 0.660. The molecule has 488 valence electrons. The van der Waals surface area contributed by atoms with Crippen molar-refractivity contribution in [3.63, 3.8) is 0 Å². The van der Waals surface area contributed by atoms with E-state index in [1.807, 2.05) is 0 Å². The molecule has 0 saturated heterocycles. The van der Waals surface area contributed by atoms with Gasteiger partial charge in [-0.2, -0.15) is 0 Å². The predicted octanol–water partition coefficient (Wildman–Crippen LogP) is 27.8. The Morgan fingerprint density at radius 1 is 0.157 bits per heavy atom. The number of aryl methyl sites for hydroxylation is 2. The molecule has 0 fully saturated rings. The lowest BCUT2D eigenvalue weighted by atomic mass is 9.81. The van der Waals surface area contributed by atoms with Crippen molar-refractivity contribution >= 4 is 43.1 Å². The zero-order valence-corrected chi connectivity index (χ0v) is 59.9. The summed E-state index contributed by atoms with van der Waals surface area (Å²) in [4.78, 5) is 0. The van der Waals surface area contributed by atoms with Crippen LogP contribution in [0.3, 0.4) is 0 Å². The van der Waals surface area contributed by atoms with Gasteiger partial charge in [-0.05, 0) is 243 Å². The molecule has 0 aliphatic heterocycles. The van der Waals surface area contributed by atoms with Crippen LogP contribution in [0.1, 0.15) is 111 Å². The zero-order chi connectivity index (χ0) is 69.3. The number of rotatable bonds is 6. The van der Waals surface area contributed by atoms with Crippen molar-refractivity contribution in [2.24, 2.45) is 0 Å². The van der Waals surface area contributed by atoms with E-state index in [1.54, 1.807) is 0 Å². The van der Waals surface area contributed by atoms with Crippen molar-refractivity contribution in [2.45, 2.75) is 90.9 Å². The van der Waals surface area contributed by atoms with Gasteiger partial charge in [0.15, 0.2) is 0 Å². The summed E-state index contributed by atoms with van der Waals surface area (Å²) >= 11 is 0. The maximum atomic E-state index is 2.46. The Morgan fingerprint density at radius 2 is 0.431 bits per heavy atom. The molecule has 4 aliphatic carbocycles. The van der Waals surface area contributed by atoms with E-state index in [4.69, 9.17) is 0 Å². The largest absolute Gasteiger partial charge is 0.0619 e. The highest BCUT2D eigenvalue weighted by Crippen LogP contribution is 2.56. The fourth-order valence-corrected chi connectivity index (χ4v) is 19.0. The van der Waals surface area contributed by atoms with E-state index in [0.29, 0.717) is 0 Å². The van der Waals surface area contributed by atoms with Crippen LogP contribution >= 0.6 is 0 Å². The molecule has 4 aliphatic rings. The molecule has 0 nitrogen and oxygen atoms in total. The van der Waals surface area contributed by atoms with Gasteiger partial charge in [-0.1, -0.05) is 340 Å². The van der Waals surface area contributed by atoms with Gasteiger partial charge < -0.3 is 0 Å². The summed E-state index contributed by atoms with van der Waals surface area (Å²) in [5.41, 5.74) is 39.9. The average Bonchev–Trinajstić information content (AvgIpc) is 1.36. The summed E-state index contributed by atoms with van der Waals surface area (Å²) < 4.78 is 0. The smallest absolute Gasteiger partial charge is 0.0159 e. The minimum absolute atomic E-state index is 0.0117. The zero-order valence-electron chi connectivity index (χ0n) is 59.9. The summed E-state index contributed by atoms with van der Waals surface area (Å²) in [6.07, 6.45) is 0. The molecule has 0 unspecified atom stereocenters. The van der Waals surface area contributed by atoms with Gasteiger partial charge in [0.05, 0.1) is 0 Å². The summed E-state index contributed by atoms with van der Waals surface area (Å²) in [5, 5.41) is 10.3. The van der Waals surface area contributed by atoms with Crippen LogP contribution in [-0.2, 0) is 21.7 Å². The second-order valence-electron chi connectivity index (χ2n) is 31.6. The van der Waals surface area contributed by atoms with E-state index in [2.05, 4.69) is 373 Å². The van der Waals surface area contributed by atoms with Gasteiger partial charge in [-0.25, -0.2) is 0 Å².